The lowest BCUT2D eigenvalue weighted by atomic mass is 10.0. The van der Waals surface area contributed by atoms with Crippen molar-refractivity contribution >= 4 is 17.5 Å². The summed E-state index contributed by atoms with van der Waals surface area (Å²) in [5.74, 6) is -1.09. The third-order valence-corrected chi connectivity index (χ3v) is 3.34. The molecule has 0 saturated heterocycles. The molecule has 21 heavy (non-hydrogen) atoms. The maximum absolute atomic E-state index is 14.1. The van der Waals surface area contributed by atoms with Gasteiger partial charge >= 0.3 is 0 Å². The van der Waals surface area contributed by atoms with Crippen molar-refractivity contribution < 1.29 is 13.3 Å². The molecule has 2 N–H and O–H groups in total. The van der Waals surface area contributed by atoms with Crippen molar-refractivity contribution in [3.63, 3.8) is 0 Å². The second-order valence-electron chi connectivity index (χ2n) is 4.38. The van der Waals surface area contributed by atoms with Gasteiger partial charge < -0.3 is 10.3 Å². The molecule has 0 atom stereocenters. The van der Waals surface area contributed by atoms with Crippen LogP contribution in [0.1, 0.15) is 0 Å². The van der Waals surface area contributed by atoms with Crippen molar-refractivity contribution in [2.75, 3.05) is 5.73 Å². The Bertz CT molecular complexity index is 797. The molecule has 0 fully saturated rings. The van der Waals surface area contributed by atoms with Crippen molar-refractivity contribution in [2.24, 2.45) is 0 Å². The first-order valence-corrected chi connectivity index (χ1v) is 6.41. The van der Waals surface area contributed by atoms with Crippen molar-refractivity contribution in [3.05, 3.63) is 59.1 Å². The minimum atomic E-state index is -0.560. The minimum Gasteiger partial charge on any atom is -0.367 e. The molecule has 0 unspecified atom stereocenters. The van der Waals surface area contributed by atoms with Crippen molar-refractivity contribution in [1.82, 2.24) is 5.16 Å². The summed E-state index contributed by atoms with van der Waals surface area (Å²) in [6.45, 7) is 0. The van der Waals surface area contributed by atoms with E-state index in [2.05, 4.69) is 5.16 Å². The largest absolute Gasteiger partial charge is 0.367 e. The molecule has 0 bridgehead atoms. The Balaban J connectivity index is 2.28. The van der Waals surface area contributed by atoms with E-state index in [4.69, 9.17) is 21.9 Å². The average molecular weight is 307 g/mol. The van der Waals surface area contributed by atoms with Crippen LogP contribution in [0.25, 0.3) is 22.4 Å². The van der Waals surface area contributed by atoms with Gasteiger partial charge in [0, 0.05) is 11.1 Å². The minimum absolute atomic E-state index is 0.0807. The number of halogens is 3. The van der Waals surface area contributed by atoms with Gasteiger partial charge in [0.05, 0.1) is 10.6 Å². The summed E-state index contributed by atoms with van der Waals surface area (Å²) in [6, 6.07) is 9.95. The summed E-state index contributed by atoms with van der Waals surface area (Å²) in [7, 11) is 0. The Morgan fingerprint density at radius 2 is 1.81 bits per heavy atom. The van der Waals surface area contributed by atoms with Crippen LogP contribution in [0.3, 0.4) is 0 Å². The van der Waals surface area contributed by atoms with Crippen LogP contribution in [0.15, 0.2) is 47.0 Å². The van der Waals surface area contributed by atoms with Gasteiger partial charge in [-0.15, -0.1) is 0 Å². The van der Waals surface area contributed by atoms with Crippen LogP contribution in [-0.4, -0.2) is 5.16 Å². The second-order valence-corrected chi connectivity index (χ2v) is 4.78. The smallest absolute Gasteiger partial charge is 0.230 e. The van der Waals surface area contributed by atoms with Crippen LogP contribution in [0.2, 0.25) is 5.02 Å². The lowest BCUT2D eigenvalue weighted by Gasteiger charge is -2.06. The van der Waals surface area contributed by atoms with Crippen LogP contribution < -0.4 is 5.73 Å². The van der Waals surface area contributed by atoms with Gasteiger partial charge in [-0.3, -0.25) is 0 Å². The Hall–Kier alpha value is -2.40. The lowest BCUT2D eigenvalue weighted by Crippen LogP contribution is -1.92. The highest BCUT2D eigenvalue weighted by molar-refractivity contribution is 6.33. The summed E-state index contributed by atoms with van der Waals surface area (Å²) < 4.78 is 32.4. The Kier molecular flexibility index (Phi) is 3.35. The highest BCUT2D eigenvalue weighted by atomic mass is 35.5. The third kappa shape index (κ3) is 2.36. The van der Waals surface area contributed by atoms with E-state index in [1.165, 1.54) is 36.4 Å². The van der Waals surface area contributed by atoms with Crippen molar-refractivity contribution in [2.45, 2.75) is 0 Å². The summed E-state index contributed by atoms with van der Waals surface area (Å²) in [5.41, 5.74) is 6.69. The number of nitrogens with two attached hydrogens (primary N) is 1. The molecule has 0 amide bonds. The summed E-state index contributed by atoms with van der Waals surface area (Å²) in [5, 5.41) is 3.96. The number of rotatable bonds is 2. The van der Waals surface area contributed by atoms with E-state index in [1.807, 2.05) is 0 Å². The number of benzene rings is 2. The number of aromatic nitrogens is 1. The fourth-order valence-corrected chi connectivity index (χ4v) is 2.37. The molecule has 0 aliphatic rings. The number of hydrogen-bond acceptors (Lipinski definition) is 3. The maximum atomic E-state index is 14.1. The Morgan fingerprint density at radius 3 is 2.52 bits per heavy atom. The van der Waals surface area contributed by atoms with Gasteiger partial charge in [0.15, 0.2) is 0 Å². The SMILES string of the molecule is Nc1onc(-c2cccc(F)c2)c1-c1c(F)cccc1Cl. The zero-order valence-electron chi connectivity index (χ0n) is 10.6. The quantitative estimate of drug-likeness (QED) is 0.757. The van der Waals surface area contributed by atoms with E-state index < -0.39 is 11.6 Å². The van der Waals surface area contributed by atoms with Gasteiger partial charge in [-0.25, -0.2) is 8.78 Å². The lowest BCUT2D eigenvalue weighted by molar-refractivity contribution is 0.439. The molecule has 0 aliphatic carbocycles. The number of nitrogens with zero attached hydrogens (tertiary/aromatic N) is 1. The molecule has 3 nitrogen and oxygen atoms in total. The molecular formula is C15H9ClF2N2O. The first-order chi connectivity index (χ1) is 10.1. The molecule has 3 aromatic rings. The van der Waals surface area contributed by atoms with E-state index in [1.54, 1.807) is 6.07 Å². The van der Waals surface area contributed by atoms with Gasteiger partial charge in [0.1, 0.15) is 17.3 Å². The Labute approximate surface area is 123 Å². The monoisotopic (exact) mass is 306 g/mol. The van der Waals surface area contributed by atoms with Crippen LogP contribution in [0.5, 0.6) is 0 Å². The fourth-order valence-electron chi connectivity index (χ4n) is 2.11. The highest BCUT2D eigenvalue weighted by Crippen LogP contribution is 2.40. The van der Waals surface area contributed by atoms with Gasteiger partial charge in [-0.1, -0.05) is 35.0 Å². The van der Waals surface area contributed by atoms with E-state index in [9.17, 15) is 8.78 Å². The summed E-state index contributed by atoms with van der Waals surface area (Å²) in [6.07, 6.45) is 0. The van der Waals surface area contributed by atoms with E-state index in [0.717, 1.165) is 0 Å². The molecule has 0 radical (unpaired) electrons. The van der Waals surface area contributed by atoms with E-state index in [-0.39, 0.29) is 27.7 Å². The number of anilines is 1. The van der Waals surface area contributed by atoms with Crippen molar-refractivity contribution in [3.8, 4) is 22.4 Å². The Morgan fingerprint density at radius 1 is 1.05 bits per heavy atom. The topological polar surface area (TPSA) is 52.0 Å². The van der Waals surface area contributed by atoms with Crippen LogP contribution >= 0.6 is 11.6 Å². The first-order valence-electron chi connectivity index (χ1n) is 6.03. The third-order valence-electron chi connectivity index (χ3n) is 3.03. The van der Waals surface area contributed by atoms with E-state index in [0.29, 0.717) is 5.56 Å². The molecule has 2 aromatic carbocycles. The molecule has 0 aliphatic heterocycles. The highest BCUT2D eigenvalue weighted by Gasteiger charge is 2.22. The number of hydrogen-bond donors (Lipinski definition) is 1. The van der Waals surface area contributed by atoms with E-state index >= 15 is 0 Å². The summed E-state index contributed by atoms with van der Waals surface area (Å²) in [4.78, 5) is 0. The average Bonchev–Trinajstić information content (AvgIpc) is 2.81. The first kappa shape index (κ1) is 13.6. The normalized spacial score (nSPS) is 10.8. The molecule has 1 heterocycles. The van der Waals surface area contributed by atoms with Crippen LogP contribution in [0.4, 0.5) is 14.7 Å². The van der Waals surface area contributed by atoms with Gasteiger partial charge in [0.25, 0.3) is 0 Å². The predicted octanol–water partition coefficient (Wildman–Crippen LogP) is 4.52. The van der Waals surface area contributed by atoms with Crippen molar-refractivity contribution in [1.29, 1.82) is 0 Å². The van der Waals surface area contributed by atoms with Gasteiger partial charge in [0.2, 0.25) is 5.88 Å². The van der Waals surface area contributed by atoms with Gasteiger partial charge in [-0.2, -0.15) is 0 Å². The molecule has 3 rings (SSSR count). The maximum Gasteiger partial charge on any atom is 0.230 e. The van der Waals surface area contributed by atoms with Gasteiger partial charge in [-0.05, 0) is 24.3 Å². The van der Waals surface area contributed by atoms with Crippen LogP contribution in [0, 0.1) is 11.6 Å². The second kappa shape index (κ2) is 5.18. The number of nitrogen functional groups attached to an aromatic ring is 1. The van der Waals surface area contributed by atoms with Crippen LogP contribution in [-0.2, 0) is 0 Å². The standard InChI is InChI=1S/C15H9ClF2N2O/c16-10-5-2-6-11(18)12(10)13-14(20-21-15(13)19)8-3-1-4-9(17)7-8/h1-7H,19H2. The molecule has 1 aromatic heterocycles. The zero-order chi connectivity index (χ0) is 15.0. The zero-order valence-corrected chi connectivity index (χ0v) is 11.4. The molecule has 0 spiro atoms. The molecular weight excluding hydrogens is 298 g/mol. The molecule has 6 heteroatoms. The summed E-state index contributed by atoms with van der Waals surface area (Å²) >= 11 is 6.04. The predicted molar refractivity (Wildman–Crippen MR) is 76.7 cm³/mol. The molecule has 0 saturated carbocycles. The fraction of sp³-hybridized carbons (Fsp3) is 0. The molecule has 106 valence electrons.